The van der Waals surface area contributed by atoms with Crippen LogP contribution in [-0.4, -0.2) is 18.4 Å². The number of H-pyrrole nitrogens is 1. The molecule has 150 valence electrons. The van der Waals surface area contributed by atoms with Crippen molar-refractivity contribution in [2.45, 2.75) is 24.2 Å². The largest absolute Gasteiger partial charge is 0.416 e. The molecule has 0 radical (unpaired) electrons. The molecule has 3 aromatic rings. The minimum atomic E-state index is -4.63. The summed E-state index contributed by atoms with van der Waals surface area (Å²) in [5.41, 5.74) is -2.09. The third-order valence-electron chi connectivity index (χ3n) is 3.83. The zero-order valence-corrected chi connectivity index (χ0v) is 14.7. The van der Waals surface area contributed by atoms with Gasteiger partial charge < -0.3 is 4.98 Å². The molecule has 0 aliphatic carbocycles. The first-order chi connectivity index (χ1) is 12.8. The van der Waals surface area contributed by atoms with Crippen LogP contribution in [0.2, 0.25) is 0 Å². The number of fused-ring (bicyclic) bond motifs is 1. The van der Waals surface area contributed by atoms with Crippen molar-refractivity contribution >= 4 is 27.0 Å². The van der Waals surface area contributed by atoms with Crippen molar-refractivity contribution in [3.63, 3.8) is 0 Å². The summed E-state index contributed by atoms with van der Waals surface area (Å²) in [6, 6.07) is 4.73. The summed E-state index contributed by atoms with van der Waals surface area (Å²) < 4.78 is 103. The van der Waals surface area contributed by atoms with Gasteiger partial charge >= 0.3 is 12.4 Å². The second kappa shape index (κ2) is 6.40. The highest BCUT2D eigenvalue weighted by atomic mass is 32.2. The van der Waals surface area contributed by atoms with Crippen LogP contribution >= 0.6 is 0 Å². The molecular formula is C16H11F6N3O2S. The van der Waals surface area contributed by atoms with E-state index in [4.69, 9.17) is 0 Å². The monoisotopic (exact) mass is 423 g/mol. The number of alkyl halides is 6. The van der Waals surface area contributed by atoms with Crippen molar-refractivity contribution in [2.24, 2.45) is 0 Å². The average Bonchev–Trinajstić information content (AvgIpc) is 2.93. The number of aromatic nitrogens is 2. The van der Waals surface area contributed by atoms with Crippen LogP contribution in [0.5, 0.6) is 0 Å². The number of sulfonamides is 1. The van der Waals surface area contributed by atoms with Gasteiger partial charge in [-0.05, 0) is 48.9 Å². The summed E-state index contributed by atoms with van der Waals surface area (Å²) in [5.74, 6) is -0.367. The Labute approximate surface area is 154 Å². The molecule has 0 bridgehead atoms. The van der Waals surface area contributed by atoms with Gasteiger partial charge in [0, 0.05) is 0 Å². The fourth-order valence-corrected chi connectivity index (χ4v) is 3.73. The molecule has 0 saturated heterocycles. The van der Waals surface area contributed by atoms with Crippen LogP contribution in [-0.2, 0) is 22.4 Å². The minimum Gasteiger partial charge on any atom is -0.323 e. The predicted octanol–water partition coefficient (Wildman–Crippen LogP) is 4.71. The number of rotatable bonds is 3. The highest BCUT2D eigenvalue weighted by Gasteiger charge is 2.32. The van der Waals surface area contributed by atoms with Crippen LogP contribution in [0.25, 0.3) is 11.0 Å². The molecule has 0 aliphatic heterocycles. The van der Waals surface area contributed by atoms with Crippen LogP contribution < -0.4 is 4.72 Å². The maximum atomic E-state index is 12.8. The number of nitrogens with zero attached hydrogens (tertiary/aromatic N) is 1. The van der Waals surface area contributed by atoms with Crippen molar-refractivity contribution in [3.8, 4) is 0 Å². The predicted molar refractivity (Wildman–Crippen MR) is 88.1 cm³/mol. The van der Waals surface area contributed by atoms with Crippen molar-refractivity contribution in [2.75, 3.05) is 4.72 Å². The Bertz CT molecular complexity index is 1150. The van der Waals surface area contributed by atoms with E-state index in [1.54, 1.807) is 0 Å². The molecule has 0 atom stereocenters. The molecule has 0 fully saturated rings. The zero-order valence-electron chi connectivity index (χ0n) is 13.9. The van der Waals surface area contributed by atoms with Crippen molar-refractivity contribution < 1.29 is 34.8 Å². The Morgan fingerprint density at radius 3 is 2.07 bits per heavy atom. The van der Waals surface area contributed by atoms with E-state index in [-0.39, 0.29) is 22.5 Å². The summed E-state index contributed by atoms with van der Waals surface area (Å²) in [5, 5.41) is 0. The fraction of sp³-hybridized carbons (Fsp3) is 0.188. The maximum absolute atomic E-state index is 12.8. The number of aromatic amines is 1. The summed E-state index contributed by atoms with van der Waals surface area (Å²) in [7, 11) is -4.33. The Kier molecular flexibility index (Phi) is 4.57. The molecular weight excluding hydrogens is 412 g/mol. The quantitative estimate of drug-likeness (QED) is 0.600. The molecule has 2 N–H and O–H groups in total. The average molecular weight is 423 g/mol. The van der Waals surface area contributed by atoms with Crippen LogP contribution in [0, 0.1) is 6.92 Å². The standard InChI is InChI=1S/C16H11F6N3O2S/c1-8-6-9(15(17,18)19)3-5-13(8)28(26,27)25-14-23-11-4-2-10(16(20,21)22)7-12(11)24-14/h2-7H,1H3,(H2,23,24,25). The maximum Gasteiger partial charge on any atom is 0.416 e. The first-order valence-electron chi connectivity index (χ1n) is 7.55. The molecule has 0 spiro atoms. The molecule has 28 heavy (non-hydrogen) atoms. The number of imidazole rings is 1. The van der Waals surface area contributed by atoms with Gasteiger partial charge in [0.15, 0.2) is 0 Å². The van der Waals surface area contributed by atoms with Gasteiger partial charge in [-0.25, -0.2) is 18.1 Å². The highest BCUT2D eigenvalue weighted by Crippen LogP contribution is 2.33. The van der Waals surface area contributed by atoms with E-state index < -0.39 is 38.4 Å². The van der Waals surface area contributed by atoms with Crippen LogP contribution in [0.15, 0.2) is 41.3 Å². The van der Waals surface area contributed by atoms with Gasteiger partial charge in [-0.2, -0.15) is 26.3 Å². The smallest absolute Gasteiger partial charge is 0.323 e. The highest BCUT2D eigenvalue weighted by molar-refractivity contribution is 7.92. The van der Waals surface area contributed by atoms with Crippen molar-refractivity contribution in [1.29, 1.82) is 0 Å². The molecule has 1 heterocycles. The van der Waals surface area contributed by atoms with E-state index in [2.05, 4.69) is 9.97 Å². The van der Waals surface area contributed by atoms with Gasteiger partial charge in [0.1, 0.15) is 0 Å². The summed E-state index contributed by atoms with van der Waals surface area (Å²) in [6.07, 6.45) is -9.22. The lowest BCUT2D eigenvalue weighted by Crippen LogP contribution is -2.16. The van der Waals surface area contributed by atoms with E-state index in [0.717, 1.165) is 24.3 Å². The Hall–Kier alpha value is -2.76. The third kappa shape index (κ3) is 3.91. The fourth-order valence-electron chi connectivity index (χ4n) is 2.54. The number of anilines is 1. The van der Waals surface area contributed by atoms with Gasteiger partial charge in [-0.1, -0.05) is 0 Å². The SMILES string of the molecule is Cc1cc(C(F)(F)F)ccc1S(=O)(=O)Nc1nc2ccc(C(F)(F)F)cc2[nH]1. The summed E-state index contributed by atoms with van der Waals surface area (Å²) in [4.78, 5) is 5.83. The van der Waals surface area contributed by atoms with Gasteiger partial charge in [0.2, 0.25) is 5.95 Å². The first-order valence-corrected chi connectivity index (χ1v) is 9.03. The van der Waals surface area contributed by atoms with Gasteiger partial charge in [0.05, 0.1) is 27.1 Å². The number of benzene rings is 2. The number of hydrogen-bond acceptors (Lipinski definition) is 3. The van der Waals surface area contributed by atoms with E-state index in [1.165, 1.54) is 6.92 Å². The Morgan fingerprint density at radius 2 is 1.50 bits per heavy atom. The molecule has 0 unspecified atom stereocenters. The lowest BCUT2D eigenvalue weighted by Gasteiger charge is -2.12. The molecule has 5 nitrogen and oxygen atoms in total. The summed E-state index contributed by atoms with van der Waals surface area (Å²) >= 11 is 0. The van der Waals surface area contributed by atoms with E-state index >= 15 is 0 Å². The lowest BCUT2D eigenvalue weighted by atomic mass is 10.1. The Balaban J connectivity index is 1.94. The van der Waals surface area contributed by atoms with Crippen molar-refractivity contribution in [3.05, 3.63) is 53.1 Å². The van der Waals surface area contributed by atoms with Crippen LogP contribution in [0.3, 0.4) is 0 Å². The normalized spacial score (nSPS) is 13.1. The lowest BCUT2D eigenvalue weighted by molar-refractivity contribution is -0.138. The molecule has 12 heteroatoms. The topological polar surface area (TPSA) is 74.8 Å². The number of halogens is 6. The van der Waals surface area contributed by atoms with E-state index in [9.17, 15) is 34.8 Å². The Morgan fingerprint density at radius 1 is 0.929 bits per heavy atom. The molecule has 0 saturated carbocycles. The number of aryl methyl sites for hydroxylation is 1. The van der Waals surface area contributed by atoms with Gasteiger partial charge in [0.25, 0.3) is 10.0 Å². The summed E-state index contributed by atoms with van der Waals surface area (Å²) in [6.45, 7) is 1.19. The van der Waals surface area contributed by atoms with Gasteiger partial charge in [-0.15, -0.1) is 0 Å². The third-order valence-corrected chi connectivity index (χ3v) is 5.33. The van der Waals surface area contributed by atoms with Crippen LogP contribution in [0.4, 0.5) is 32.3 Å². The molecule has 2 aromatic carbocycles. The van der Waals surface area contributed by atoms with E-state index in [1.807, 2.05) is 4.72 Å². The second-order valence-corrected chi connectivity index (χ2v) is 7.55. The number of hydrogen-bond donors (Lipinski definition) is 2. The number of nitrogens with one attached hydrogen (secondary N) is 2. The zero-order chi connectivity index (χ0) is 20.9. The van der Waals surface area contributed by atoms with Crippen molar-refractivity contribution in [1.82, 2.24) is 9.97 Å². The second-order valence-electron chi connectivity index (χ2n) is 5.90. The van der Waals surface area contributed by atoms with Gasteiger partial charge in [-0.3, -0.25) is 0 Å². The molecule has 3 rings (SSSR count). The van der Waals surface area contributed by atoms with E-state index in [0.29, 0.717) is 12.1 Å². The first kappa shape index (κ1) is 20.0. The molecule has 1 aromatic heterocycles. The van der Waals surface area contributed by atoms with Crippen LogP contribution in [0.1, 0.15) is 16.7 Å². The molecule has 0 amide bonds. The molecule has 0 aliphatic rings. The minimum absolute atomic E-state index is 0.0586.